The highest BCUT2D eigenvalue weighted by Crippen LogP contribution is 2.48. The zero-order valence-electron chi connectivity index (χ0n) is 17.1. The fraction of sp³-hybridized carbons (Fsp3) is 0.500. The normalized spacial score (nSPS) is 21.1. The molecule has 166 valence electrons. The Kier molecular flexibility index (Phi) is 5.52. The van der Waals surface area contributed by atoms with Crippen molar-refractivity contribution in [3.8, 4) is 0 Å². The highest BCUT2D eigenvalue weighted by Gasteiger charge is 2.53. The Hall–Kier alpha value is -1.97. The van der Waals surface area contributed by atoms with Gasteiger partial charge in [-0.3, -0.25) is 9.88 Å². The number of thioether (sulfide) groups is 1. The second kappa shape index (κ2) is 8.18. The number of aromatic nitrogens is 1. The van der Waals surface area contributed by atoms with Crippen LogP contribution in [0.5, 0.6) is 0 Å². The van der Waals surface area contributed by atoms with Gasteiger partial charge in [0.2, 0.25) is 0 Å². The van der Waals surface area contributed by atoms with Crippen LogP contribution in [0.4, 0.5) is 24.5 Å². The minimum Gasteiger partial charge on any atom is -0.378 e. The molecule has 1 spiro atoms. The van der Waals surface area contributed by atoms with E-state index in [2.05, 4.69) is 25.8 Å². The Labute approximate surface area is 184 Å². The van der Waals surface area contributed by atoms with E-state index >= 15 is 0 Å². The summed E-state index contributed by atoms with van der Waals surface area (Å²) in [6.45, 7) is 5.74. The first kappa shape index (κ1) is 20.9. The smallest absolute Gasteiger partial charge is 0.378 e. The summed E-state index contributed by atoms with van der Waals surface area (Å²) in [5.41, 5.74) is -0.670. The number of nitrogens with zero attached hydrogens (tertiary/aromatic N) is 4. The van der Waals surface area contributed by atoms with Gasteiger partial charge in [-0.2, -0.15) is 13.2 Å². The van der Waals surface area contributed by atoms with Gasteiger partial charge in [0.1, 0.15) is 0 Å². The van der Waals surface area contributed by atoms with Crippen molar-refractivity contribution in [3.05, 3.63) is 48.3 Å². The maximum atomic E-state index is 12.6. The van der Waals surface area contributed by atoms with Gasteiger partial charge < -0.3 is 14.5 Å². The fourth-order valence-corrected chi connectivity index (χ4v) is 5.11. The molecule has 2 aliphatic heterocycles. The van der Waals surface area contributed by atoms with E-state index in [0.29, 0.717) is 0 Å². The molecule has 31 heavy (non-hydrogen) atoms. The van der Waals surface area contributed by atoms with Crippen LogP contribution in [-0.2, 0) is 11.3 Å². The number of rotatable bonds is 5. The second-order valence-electron chi connectivity index (χ2n) is 8.41. The first-order valence-corrected chi connectivity index (χ1v) is 11.3. The number of pyridine rings is 1. The summed E-state index contributed by atoms with van der Waals surface area (Å²) in [5.74, 6) is 0. The molecule has 0 radical (unpaired) electrons. The van der Waals surface area contributed by atoms with Gasteiger partial charge in [-0.25, -0.2) is 0 Å². The number of alkyl halides is 3. The van der Waals surface area contributed by atoms with Crippen LogP contribution in [0.3, 0.4) is 0 Å². The van der Waals surface area contributed by atoms with E-state index in [0.717, 1.165) is 64.6 Å². The van der Waals surface area contributed by atoms with Crippen LogP contribution in [0.15, 0.2) is 47.6 Å². The molecule has 5 nitrogen and oxygen atoms in total. The van der Waals surface area contributed by atoms with E-state index in [9.17, 15) is 13.2 Å². The molecule has 3 fully saturated rings. The molecule has 3 aliphatic rings. The third-order valence-corrected chi connectivity index (χ3v) is 7.10. The summed E-state index contributed by atoms with van der Waals surface area (Å²) in [4.78, 5) is 11.7. The Bertz CT molecular complexity index is 914. The number of morpholine rings is 1. The first-order valence-electron chi connectivity index (χ1n) is 10.5. The molecule has 0 unspecified atom stereocenters. The highest BCUT2D eigenvalue weighted by atomic mass is 32.2. The molecule has 0 amide bonds. The number of ether oxygens (including phenoxy) is 1. The summed E-state index contributed by atoms with van der Waals surface area (Å²) >= 11 is -0.0669. The van der Waals surface area contributed by atoms with E-state index in [4.69, 9.17) is 4.74 Å². The molecular weight excluding hydrogens is 425 g/mol. The molecule has 5 rings (SSSR count). The van der Waals surface area contributed by atoms with Crippen molar-refractivity contribution < 1.29 is 17.9 Å². The molecule has 9 heteroatoms. The zero-order valence-corrected chi connectivity index (χ0v) is 18.0. The number of anilines is 2. The lowest BCUT2D eigenvalue weighted by molar-refractivity contribution is -0.0328. The largest absolute Gasteiger partial charge is 0.446 e. The molecule has 1 aromatic carbocycles. The lowest BCUT2D eigenvalue weighted by atomic mass is 10.1. The van der Waals surface area contributed by atoms with Crippen LogP contribution in [0.25, 0.3) is 0 Å². The molecule has 0 bridgehead atoms. The molecule has 0 atom stereocenters. The van der Waals surface area contributed by atoms with Crippen molar-refractivity contribution >= 4 is 23.1 Å². The van der Waals surface area contributed by atoms with E-state index in [1.54, 1.807) is 24.3 Å². The SMILES string of the molecule is FC(F)(F)Sc1ccc(N2CN(Cc3ccncc3N3CCOCC3)C3(CC3)C2)cc1. The Balaban J connectivity index is 1.30. The van der Waals surface area contributed by atoms with E-state index in [1.165, 1.54) is 11.3 Å². The van der Waals surface area contributed by atoms with Crippen molar-refractivity contribution in [1.29, 1.82) is 0 Å². The maximum absolute atomic E-state index is 12.6. The molecule has 2 saturated heterocycles. The van der Waals surface area contributed by atoms with Gasteiger partial charge in [0.25, 0.3) is 0 Å². The van der Waals surface area contributed by atoms with Crippen molar-refractivity contribution in [2.75, 3.05) is 49.3 Å². The van der Waals surface area contributed by atoms with E-state index in [1.807, 2.05) is 12.4 Å². The summed E-state index contributed by atoms with van der Waals surface area (Å²) in [5, 5.41) is 0. The van der Waals surface area contributed by atoms with Crippen molar-refractivity contribution in [2.24, 2.45) is 0 Å². The van der Waals surface area contributed by atoms with Crippen LogP contribution >= 0.6 is 11.8 Å². The van der Waals surface area contributed by atoms with Gasteiger partial charge in [0.15, 0.2) is 0 Å². The first-order chi connectivity index (χ1) is 14.9. The number of halogens is 3. The van der Waals surface area contributed by atoms with E-state index < -0.39 is 5.51 Å². The molecule has 1 saturated carbocycles. The van der Waals surface area contributed by atoms with Crippen molar-refractivity contribution in [3.63, 3.8) is 0 Å². The minimum atomic E-state index is -4.26. The molecule has 1 aliphatic carbocycles. The summed E-state index contributed by atoms with van der Waals surface area (Å²) in [6.07, 6.45) is 6.11. The third kappa shape index (κ3) is 4.63. The predicted octanol–water partition coefficient (Wildman–Crippen LogP) is 4.34. The molecular formula is C22H25F3N4OS. The van der Waals surface area contributed by atoms with Crippen molar-refractivity contribution in [2.45, 2.75) is 35.3 Å². The van der Waals surface area contributed by atoms with Crippen LogP contribution in [0.2, 0.25) is 0 Å². The second-order valence-corrected chi connectivity index (χ2v) is 9.55. The molecule has 3 heterocycles. The summed E-state index contributed by atoms with van der Waals surface area (Å²) < 4.78 is 43.3. The van der Waals surface area contributed by atoms with E-state index in [-0.39, 0.29) is 22.2 Å². The number of hydrogen-bond donors (Lipinski definition) is 0. The topological polar surface area (TPSA) is 31.8 Å². The zero-order chi connectivity index (χ0) is 21.5. The molecule has 2 aromatic rings. The average Bonchev–Trinajstić information content (AvgIpc) is 3.45. The van der Waals surface area contributed by atoms with Crippen LogP contribution in [0, 0.1) is 0 Å². The van der Waals surface area contributed by atoms with Crippen LogP contribution < -0.4 is 9.80 Å². The van der Waals surface area contributed by atoms with Crippen molar-refractivity contribution in [1.82, 2.24) is 9.88 Å². The standard InChI is InChI=1S/C22H25F3N4OS/c23-22(24,25)31-19-3-1-18(2-4-19)28-15-21(6-7-21)29(16-28)14-17-5-8-26-13-20(17)27-9-11-30-12-10-27/h1-5,8,13H,6-7,9-12,14-16H2. The van der Waals surface area contributed by atoms with Gasteiger partial charge in [0.05, 0.1) is 31.8 Å². The quantitative estimate of drug-likeness (QED) is 0.630. The molecule has 0 N–H and O–H groups in total. The van der Waals surface area contributed by atoms with Crippen LogP contribution in [0.1, 0.15) is 18.4 Å². The highest BCUT2D eigenvalue weighted by molar-refractivity contribution is 8.00. The van der Waals surface area contributed by atoms with Gasteiger partial charge in [-0.05, 0) is 60.5 Å². The van der Waals surface area contributed by atoms with Crippen LogP contribution in [-0.4, -0.2) is 60.4 Å². The summed E-state index contributed by atoms with van der Waals surface area (Å²) in [6, 6.07) is 8.84. The minimum absolute atomic E-state index is 0.0669. The predicted molar refractivity (Wildman–Crippen MR) is 115 cm³/mol. The lowest BCUT2D eigenvalue weighted by Crippen LogP contribution is -2.38. The maximum Gasteiger partial charge on any atom is 0.446 e. The van der Waals surface area contributed by atoms with Gasteiger partial charge >= 0.3 is 5.51 Å². The average molecular weight is 451 g/mol. The van der Waals surface area contributed by atoms with Gasteiger partial charge in [0, 0.05) is 48.5 Å². The third-order valence-electron chi connectivity index (χ3n) is 6.36. The Morgan fingerprint density at radius 3 is 2.45 bits per heavy atom. The Morgan fingerprint density at radius 2 is 1.77 bits per heavy atom. The van der Waals surface area contributed by atoms with Gasteiger partial charge in [-0.1, -0.05) is 0 Å². The Morgan fingerprint density at radius 1 is 1.03 bits per heavy atom. The molecule has 1 aromatic heterocycles. The lowest BCUT2D eigenvalue weighted by Gasteiger charge is -2.32. The fourth-order valence-electron chi connectivity index (χ4n) is 4.57. The number of hydrogen-bond acceptors (Lipinski definition) is 6. The van der Waals surface area contributed by atoms with Gasteiger partial charge in [-0.15, -0.1) is 0 Å². The summed E-state index contributed by atoms with van der Waals surface area (Å²) in [7, 11) is 0. The number of benzene rings is 1. The monoisotopic (exact) mass is 450 g/mol.